The number of benzene rings is 1. The molecule has 17 heavy (non-hydrogen) atoms. The molecule has 0 unspecified atom stereocenters. The van der Waals surface area contributed by atoms with Crippen molar-refractivity contribution >= 4 is 5.78 Å². The van der Waals surface area contributed by atoms with Crippen molar-refractivity contribution in [2.24, 2.45) is 5.41 Å². The van der Waals surface area contributed by atoms with Crippen LogP contribution in [-0.2, 0) is 0 Å². The summed E-state index contributed by atoms with van der Waals surface area (Å²) in [6, 6.07) is 5.76. The first-order chi connectivity index (χ1) is 7.83. The maximum absolute atomic E-state index is 12.3. The Balaban J connectivity index is 3.42. The van der Waals surface area contributed by atoms with Crippen molar-refractivity contribution in [3.63, 3.8) is 0 Å². The molecule has 90 valence electrons. The molecule has 1 aromatic carbocycles. The summed E-state index contributed by atoms with van der Waals surface area (Å²) in [5.41, 5.74) is 1.35. The molecule has 0 aliphatic heterocycles. The number of carbonyl (C=O) groups is 1. The topological polar surface area (TPSA) is 50.1 Å². The number of Topliss-reactive ketones (excluding diaryl/α,β-unsaturated/α-hetero) is 1. The molecule has 0 saturated heterocycles. The van der Waals surface area contributed by atoms with Crippen LogP contribution in [0, 0.1) is 30.6 Å². The van der Waals surface area contributed by atoms with Crippen LogP contribution in [-0.4, -0.2) is 12.9 Å². The Bertz CT molecular complexity index is 496. The van der Waals surface area contributed by atoms with E-state index in [9.17, 15) is 4.79 Å². The molecule has 0 atom stereocenters. The maximum Gasteiger partial charge on any atom is 0.186 e. The van der Waals surface area contributed by atoms with Crippen molar-refractivity contribution in [1.82, 2.24) is 0 Å². The lowest BCUT2D eigenvalue weighted by atomic mass is 9.83. The summed E-state index contributed by atoms with van der Waals surface area (Å²) in [6.45, 7) is 7.04. The Morgan fingerprint density at radius 2 is 1.94 bits per heavy atom. The van der Waals surface area contributed by atoms with Crippen LogP contribution in [0.2, 0.25) is 0 Å². The number of aryl methyl sites for hydroxylation is 2. The molecule has 0 saturated carbocycles. The highest BCUT2D eigenvalue weighted by Gasteiger charge is 2.31. The highest BCUT2D eigenvalue weighted by molar-refractivity contribution is 6.05. The summed E-state index contributed by atoms with van der Waals surface area (Å²) in [5.74, 6) is 0.338. The first-order valence-electron chi connectivity index (χ1n) is 5.44. The minimum atomic E-state index is -1.03. The predicted octanol–water partition coefficient (Wildman–Crippen LogP) is 3.04. The molecule has 0 amide bonds. The van der Waals surface area contributed by atoms with E-state index in [2.05, 4.69) is 0 Å². The molecule has 3 heteroatoms. The lowest BCUT2D eigenvalue weighted by molar-refractivity contribution is 0.0888. The third kappa shape index (κ3) is 2.47. The van der Waals surface area contributed by atoms with Crippen LogP contribution in [0.4, 0.5) is 0 Å². The Morgan fingerprint density at radius 3 is 2.41 bits per heavy atom. The van der Waals surface area contributed by atoms with Gasteiger partial charge in [-0.3, -0.25) is 4.79 Å². The number of ether oxygens (including phenoxy) is 1. The van der Waals surface area contributed by atoms with Gasteiger partial charge in [-0.2, -0.15) is 5.26 Å². The third-order valence-electron chi connectivity index (χ3n) is 2.74. The number of hydrogen-bond donors (Lipinski definition) is 0. The van der Waals surface area contributed by atoms with Crippen molar-refractivity contribution in [3.05, 3.63) is 28.8 Å². The van der Waals surface area contributed by atoms with E-state index in [-0.39, 0.29) is 5.78 Å². The van der Waals surface area contributed by atoms with Gasteiger partial charge in [0, 0.05) is 0 Å². The summed E-state index contributed by atoms with van der Waals surface area (Å²) < 4.78 is 5.24. The number of ketones is 1. The van der Waals surface area contributed by atoms with Gasteiger partial charge in [-0.15, -0.1) is 0 Å². The van der Waals surface area contributed by atoms with Crippen molar-refractivity contribution in [3.8, 4) is 11.8 Å². The minimum Gasteiger partial charge on any atom is -0.496 e. The van der Waals surface area contributed by atoms with Crippen LogP contribution >= 0.6 is 0 Å². The average Bonchev–Trinajstić information content (AvgIpc) is 2.27. The smallest absolute Gasteiger partial charge is 0.186 e. The van der Waals surface area contributed by atoms with E-state index in [1.807, 2.05) is 32.0 Å². The van der Waals surface area contributed by atoms with Crippen molar-refractivity contribution < 1.29 is 9.53 Å². The molecular weight excluding hydrogens is 214 g/mol. The van der Waals surface area contributed by atoms with Crippen LogP contribution < -0.4 is 4.74 Å². The van der Waals surface area contributed by atoms with Gasteiger partial charge < -0.3 is 4.74 Å². The van der Waals surface area contributed by atoms with Gasteiger partial charge >= 0.3 is 0 Å². The SMILES string of the molecule is COc1cc(C)cc(C)c1C(=O)C(C)(C)C#N. The normalized spacial score (nSPS) is 10.8. The summed E-state index contributed by atoms with van der Waals surface area (Å²) in [4.78, 5) is 12.3. The highest BCUT2D eigenvalue weighted by atomic mass is 16.5. The fourth-order valence-electron chi connectivity index (χ4n) is 1.74. The van der Waals surface area contributed by atoms with Gasteiger partial charge in [0.15, 0.2) is 5.78 Å². The first kappa shape index (κ1) is 13.2. The molecule has 1 aromatic rings. The van der Waals surface area contributed by atoms with Crippen molar-refractivity contribution in [1.29, 1.82) is 5.26 Å². The molecule has 1 rings (SSSR count). The fourth-order valence-corrected chi connectivity index (χ4v) is 1.74. The van der Waals surface area contributed by atoms with Gasteiger partial charge in [0.25, 0.3) is 0 Å². The van der Waals surface area contributed by atoms with Crippen LogP contribution in [0.25, 0.3) is 0 Å². The van der Waals surface area contributed by atoms with Crippen LogP contribution in [0.1, 0.15) is 35.3 Å². The Hall–Kier alpha value is -1.82. The maximum atomic E-state index is 12.3. The van der Waals surface area contributed by atoms with Gasteiger partial charge in [0.2, 0.25) is 0 Å². The summed E-state index contributed by atoms with van der Waals surface area (Å²) in [5, 5.41) is 9.02. The molecule has 0 aliphatic carbocycles. The van der Waals surface area contributed by atoms with Crippen LogP contribution in [0.5, 0.6) is 5.75 Å². The molecule has 0 spiro atoms. The van der Waals surface area contributed by atoms with Crippen LogP contribution in [0.15, 0.2) is 12.1 Å². The molecule has 0 N–H and O–H groups in total. The van der Waals surface area contributed by atoms with Gasteiger partial charge in [-0.1, -0.05) is 6.07 Å². The zero-order valence-corrected chi connectivity index (χ0v) is 10.9. The number of nitrogens with zero attached hydrogens (tertiary/aromatic N) is 1. The zero-order valence-electron chi connectivity index (χ0n) is 10.9. The van der Waals surface area contributed by atoms with Gasteiger partial charge in [0.05, 0.1) is 18.7 Å². The fraction of sp³-hybridized carbons (Fsp3) is 0.429. The predicted molar refractivity (Wildman–Crippen MR) is 66.2 cm³/mol. The first-order valence-corrected chi connectivity index (χ1v) is 5.44. The number of hydrogen-bond acceptors (Lipinski definition) is 3. The summed E-state index contributed by atoms with van der Waals surface area (Å²) >= 11 is 0. The van der Waals surface area contributed by atoms with Gasteiger partial charge in [-0.25, -0.2) is 0 Å². The number of nitriles is 1. The second-order valence-corrected chi connectivity index (χ2v) is 4.73. The van der Waals surface area contributed by atoms with E-state index < -0.39 is 5.41 Å². The standard InChI is InChI=1S/C14H17NO2/c1-9-6-10(2)12(11(7-9)17-5)13(16)14(3,4)8-15/h6-7H,1-5H3. The monoisotopic (exact) mass is 231 g/mol. The second kappa shape index (κ2) is 4.58. The second-order valence-electron chi connectivity index (χ2n) is 4.73. The largest absolute Gasteiger partial charge is 0.496 e. The molecule has 3 nitrogen and oxygen atoms in total. The van der Waals surface area contributed by atoms with E-state index in [4.69, 9.17) is 10.00 Å². The van der Waals surface area contributed by atoms with Crippen molar-refractivity contribution in [2.45, 2.75) is 27.7 Å². The zero-order chi connectivity index (χ0) is 13.2. The van der Waals surface area contributed by atoms with E-state index in [1.165, 1.54) is 7.11 Å². The molecular formula is C14H17NO2. The Kier molecular flexibility index (Phi) is 3.57. The third-order valence-corrected chi connectivity index (χ3v) is 2.74. The van der Waals surface area contributed by atoms with E-state index in [1.54, 1.807) is 13.8 Å². The van der Waals surface area contributed by atoms with Crippen LogP contribution in [0.3, 0.4) is 0 Å². The lowest BCUT2D eigenvalue weighted by Crippen LogP contribution is -2.23. The Labute approximate surface area is 102 Å². The Morgan fingerprint density at radius 1 is 1.35 bits per heavy atom. The highest BCUT2D eigenvalue weighted by Crippen LogP contribution is 2.30. The average molecular weight is 231 g/mol. The number of methoxy groups -OCH3 is 1. The van der Waals surface area contributed by atoms with Gasteiger partial charge in [0.1, 0.15) is 11.2 Å². The van der Waals surface area contributed by atoms with E-state index in [0.29, 0.717) is 11.3 Å². The number of carbonyl (C=O) groups excluding carboxylic acids is 1. The molecule has 0 bridgehead atoms. The molecule has 0 aliphatic rings. The van der Waals surface area contributed by atoms with E-state index >= 15 is 0 Å². The van der Waals surface area contributed by atoms with Crippen molar-refractivity contribution in [2.75, 3.05) is 7.11 Å². The molecule has 0 fully saturated rings. The van der Waals surface area contributed by atoms with Gasteiger partial charge in [-0.05, 0) is 44.9 Å². The summed E-state index contributed by atoms with van der Waals surface area (Å²) in [6.07, 6.45) is 0. The molecule has 0 radical (unpaired) electrons. The molecule has 0 aromatic heterocycles. The molecule has 0 heterocycles. The lowest BCUT2D eigenvalue weighted by Gasteiger charge is -2.18. The quantitative estimate of drug-likeness (QED) is 0.751. The number of rotatable bonds is 3. The van der Waals surface area contributed by atoms with E-state index in [0.717, 1.165) is 11.1 Å². The summed E-state index contributed by atoms with van der Waals surface area (Å²) in [7, 11) is 1.53. The minimum absolute atomic E-state index is 0.200.